The van der Waals surface area contributed by atoms with Crippen molar-refractivity contribution in [2.24, 2.45) is 28.7 Å². The summed E-state index contributed by atoms with van der Waals surface area (Å²) >= 11 is 0. The molecule has 4 unspecified atom stereocenters. The number of likely N-dealkylation sites (N-methyl/N-ethyl adjacent to an activating group) is 1. The molecule has 168 valence electrons. The van der Waals surface area contributed by atoms with E-state index in [2.05, 4.69) is 46.8 Å². The third-order valence-corrected chi connectivity index (χ3v) is 7.37. The molecule has 4 aliphatic rings. The molecule has 2 aliphatic heterocycles. The van der Waals surface area contributed by atoms with E-state index in [4.69, 9.17) is 4.74 Å². The van der Waals surface area contributed by atoms with Crippen molar-refractivity contribution in [3.63, 3.8) is 0 Å². The first-order valence-corrected chi connectivity index (χ1v) is 10.7. The van der Waals surface area contributed by atoms with Gasteiger partial charge >= 0.3 is 0 Å². The molecule has 2 amide bonds. The highest BCUT2D eigenvalue weighted by Gasteiger charge is 2.58. The Hall–Kier alpha value is -1.20. The van der Waals surface area contributed by atoms with Crippen LogP contribution >= 0.6 is 24.0 Å². The van der Waals surface area contributed by atoms with Crippen LogP contribution in [0.5, 0.6) is 0 Å². The lowest BCUT2D eigenvalue weighted by Gasteiger charge is -2.43. The van der Waals surface area contributed by atoms with E-state index in [9.17, 15) is 9.59 Å². The largest absolute Gasteiger partial charge is 0.381 e. The number of hydrogen-bond acceptors (Lipinski definition) is 5. The highest BCUT2D eigenvalue weighted by molar-refractivity contribution is 14.0. The molecule has 2 heterocycles. The molecule has 2 bridgehead atoms. The smallest absolute Gasteiger partial charge is 0.233 e. The van der Waals surface area contributed by atoms with Crippen LogP contribution in [0, 0.1) is 23.7 Å². The predicted octanol–water partition coefficient (Wildman–Crippen LogP) is 0.687. The number of rotatable bonds is 6. The molecule has 3 fully saturated rings. The fraction of sp³-hybridized carbons (Fsp3) is 0.762. The second-order valence-electron chi connectivity index (χ2n) is 8.91. The lowest BCUT2D eigenvalue weighted by atomic mass is 9.85. The van der Waals surface area contributed by atoms with E-state index >= 15 is 0 Å². The summed E-state index contributed by atoms with van der Waals surface area (Å²) in [7, 11) is 5.95. The van der Waals surface area contributed by atoms with Crippen LogP contribution in [0.1, 0.15) is 19.3 Å². The number of imide groups is 1. The summed E-state index contributed by atoms with van der Waals surface area (Å²) in [5.74, 6) is 0.988. The number of halogens is 1. The minimum Gasteiger partial charge on any atom is -0.381 e. The Morgan fingerprint density at radius 2 is 1.77 bits per heavy atom. The zero-order chi connectivity index (χ0) is 20.6. The molecule has 0 aromatic carbocycles. The van der Waals surface area contributed by atoms with Crippen molar-refractivity contribution in [3.05, 3.63) is 12.2 Å². The van der Waals surface area contributed by atoms with Crippen LogP contribution in [-0.4, -0.2) is 87.1 Å². The fourth-order valence-electron chi connectivity index (χ4n) is 5.47. The van der Waals surface area contributed by atoms with E-state index in [1.165, 1.54) is 4.90 Å². The van der Waals surface area contributed by atoms with Gasteiger partial charge in [0.15, 0.2) is 5.96 Å². The molecule has 2 aliphatic carbocycles. The number of carbonyl (C=O) groups is 2. The number of nitrogens with one attached hydrogen (secondary N) is 2. The summed E-state index contributed by atoms with van der Waals surface area (Å²) < 4.78 is 5.53. The van der Waals surface area contributed by atoms with E-state index in [1.807, 2.05) is 0 Å². The molecule has 4 atom stereocenters. The first-order chi connectivity index (χ1) is 14.0. The van der Waals surface area contributed by atoms with Gasteiger partial charge in [0.1, 0.15) is 0 Å². The van der Waals surface area contributed by atoms with Gasteiger partial charge in [-0.05, 0) is 45.2 Å². The molecule has 0 aromatic rings. The van der Waals surface area contributed by atoms with Gasteiger partial charge in [-0.15, -0.1) is 24.0 Å². The summed E-state index contributed by atoms with van der Waals surface area (Å²) in [4.78, 5) is 33.5. The molecule has 0 spiro atoms. The van der Waals surface area contributed by atoms with Crippen LogP contribution in [-0.2, 0) is 14.3 Å². The van der Waals surface area contributed by atoms with Crippen molar-refractivity contribution >= 4 is 41.8 Å². The summed E-state index contributed by atoms with van der Waals surface area (Å²) in [6.07, 6.45) is 7.16. The van der Waals surface area contributed by atoms with Crippen molar-refractivity contribution in [1.29, 1.82) is 0 Å². The third kappa shape index (κ3) is 4.12. The van der Waals surface area contributed by atoms with Crippen LogP contribution in [0.25, 0.3) is 0 Å². The topological polar surface area (TPSA) is 86.3 Å². The van der Waals surface area contributed by atoms with Crippen LogP contribution in [0.4, 0.5) is 0 Å². The summed E-state index contributed by atoms with van der Waals surface area (Å²) in [6.45, 7) is 3.19. The lowest BCUT2D eigenvalue weighted by Crippen LogP contribution is -2.57. The Kier molecular flexibility index (Phi) is 7.44. The maximum Gasteiger partial charge on any atom is 0.233 e. The van der Waals surface area contributed by atoms with E-state index in [1.54, 1.807) is 7.05 Å². The minimum absolute atomic E-state index is 0. The number of guanidine groups is 1. The van der Waals surface area contributed by atoms with Crippen molar-refractivity contribution < 1.29 is 14.3 Å². The monoisotopic (exact) mass is 531 g/mol. The van der Waals surface area contributed by atoms with E-state index in [0.717, 1.165) is 39.0 Å². The first kappa shape index (κ1) is 23.5. The predicted molar refractivity (Wildman–Crippen MR) is 126 cm³/mol. The average molecular weight is 531 g/mol. The number of nitrogens with zero attached hydrogens (tertiary/aromatic N) is 3. The van der Waals surface area contributed by atoms with E-state index < -0.39 is 0 Å². The number of ether oxygens (including phenoxy) is 1. The fourth-order valence-corrected chi connectivity index (χ4v) is 5.47. The van der Waals surface area contributed by atoms with Crippen molar-refractivity contribution in [2.45, 2.75) is 24.8 Å². The van der Waals surface area contributed by atoms with Crippen molar-refractivity contribution in [3.8, 4) is 0 Å². The zero-order valence-corrected chi connectivity index (χ0v) is 20.4. The third-order valence-electron chi connectivity index (χ3n) is 7.37. The SMILES string of the molecule is CN=C(NCCN1C(=O)C2C3C=CC(C3)C2C1=O)NCC1(N(C)C)CCOCC1.I. The second kappa shape index (κ2) is 9.52. The van der Waals surface area contributed by atoms with Gasteiger partial charge in [0.25, 0.3) is 0 Å². The van der Waals surface area contributed by atoms with Gasteiger partial charge in [-0.1, -0.05) is 12.2 Å². The minimum atomic E-state index is -0.122. The molecule has 9 heteroatoms. The van der Waals surface area contributed by atoms with Crippen LogP contribution in [0.15, 0.2) is 17.1 Å². The molecule has 0 radical (unpaired) electrons. The standard InChI is InChI=1S/C21H33N5O3.HI/c1-22-20(24-13-21(25(2)3)6-10-29-11-7-21)23-8-9-26-18(27)16-14-4-5-15(12-14)17(16)19(26)28;/h4-5,14-17H,6-13H2,1-3H3,(H2,22,23,24);1H. The summed E-state index contributed by atoms with van der Waals surface area (Å²) in [5, 5.41) is 6.68. The molecular formula is C21H34IN5O3. The number of allylic oxidation sites excluding steroid dienone is 2. The number of carbonyl (C=O) groups excluding carboxylic acids is 2. The van der Waals surface area contributed by atoms with Crippen LogP contribution < -0.4 is 10.6 Å². The van der Waals surface area contributed by atoms with E-state index in [0.29, 0.717) is 19.0 Å². The highest BCUT2D eigenvalue weighted by Crippen LogP contribution is 2.52. The van der Waals surface area contributed by atoms with E-state index in [-0.39, 0.29) is 65.0 Å². The van der Waals surface area contributed by atoms with Crippen molar-refractivity contribution in [2.75, 3.05) is 54.0 Å². The number of hydrogen-bond donors (Lipinski definition) is 2. The Morgan fingerprint density at radius 3 is 2.30 bits per heavy atom. The Balaban J connectivity index is 0.00000256. The second-order valence-corrected chi connectivity index (χ2v) is 8.91. The van der Waals surface area contributed by atoms with Gasteiger partial charge in [-0.25, -0.2) is 0 Å². The number of aliphatic imine (C=N–C) groups is 1. The Labute approximate surface area is 195 Å². The van der Waals surface area contributed by atoms with Gasteiger partial charge in [-0.2, -0.15) is 0 Å². The van der Waals surface area contributed by atoms with Gasteiger partial charge in [0, 0.05) is 45.4 Å². The highest BCUT2D eigenvalue weighted by atomic mass is 127. The Bertz CT molecular complexity index is 689. The first-order valence-electron chi connectivity index (χ1n) is 10.7. The molecule has 2 saturated heterocycles. The molecule has 30 heavy (non-hydrogen) atoms. The van der Waals surface area contributed by atoms with Crippen molar-refractivity contribution in [1.82, 2.24) is 20.4 Å². The zero-order valence-electron chi connectivity index (χ0n) is 18.1. The maximum absolute atomic E-state index is 12.8. The van der Waals surface area contributed by atoms with Gasteiger partial charge in [0.05, 0.1) is 11.8 Å². The van der Waals surface area contributed by atoms with Crippen LogP contribution in [0.3, 0.4) is 0 Å². The molecule has 8 nitrogen and oxygen atoms in total. The Morgan fingerprint density at radius 1 is 1.17 bits per heavy atom. The summed E-state index contributed by atoms with van der Waals surface area (Å²) in [5.41, 5.74) is 0.0421. The van der Waals surface area contributed by atoms with Gasteiger partial charge in [0.2, 0.25) is 11.8 Å². The number of fused-ring (bicyclic) bond motifs is 5. The van der Waals surface area contributed by atoms with Gasteiger partial charge in [-0.3, -0.25) is 19.5 Å². The molecule has 4 rings (SSSR count). The molecule has 0 aromatic heterocycles. The molecular weight excluding hydrogens is 497 g/mol. The van der Waals surface area contributed by atoms with Crippen LogP contribution in [0.2, 0.25) is 0 Å². The molecule has 1 saturated carbocycles. The maximum atomic E-state index is 12.8. The summed E-state index contributed by atoms with van der Waals surface area (Å²) in [6, 6.07) is 0. The number of likely N-dealkylation sites (tertiary alicyclic amines) is 1. The normalized spacial score (nSPS) is 31.9. The quantitative estimate of drug-likeness (QED) is 0.173. The lowest BCUT2D eigenvalue weighted by molar-refractivity contribution is -0.140. The molecule has 2 N–H and O–H groups in total. The average Bonchev–Trinajstić information content (AvgIpc) is 3.40. The van der Waals surface area contributed by atoms with Gasteiger partial charge < -0.3 is 20.3 Å². The number of amides is 2.